The van der Waals surface area contributed by atoms with E-state index in [-0.39, 0.29) is 23.6 Å². The second-order valence-corrected chi connectivity index (χ2v) is 5.96. The Hall–Kier alpha value is -1.68. The lowest BCUT2D eigenvalue weighted by atomic mass is 9.84. The minimum atomic E-state index is -0.219. The van der Waals surface area contributed by atoms with Gasteiger partial charge in [0.1, 0.15) is 17.6 Å². The number of nitrogens with zero attached hydrogens (tertiary/aromatic N) is 1. The summed E-state index contributed by atoms with van der Waals surface area (Å²) >= 11 is 0. The number of ketones is 2. The maximum Gasteiger partial charge on any atom is 0.173 e. The summed E-state index contributed by atoms with van der Waals surface area (Å²) in [4.78, 5) is 26.0. The minimum Gasteiger partial charge on any atom is -0.489 e. The summed E-state index contributed by atoms with van der Waals surface area (Å²) in [5.74, 6) is 0.684. The molecule has 2 rings (SSSR count). The van der Waals surface area contributed by atoms with Crippen molar-refractivity contribution in [1.82, 2.24) is 4.90 Å². The van der Waals surface area contributed by atoms with Crippen molar-refractivity contribution in [2.24, 2.45) is 5.92 Å². The predicted molar refractivity (Wildman–Crippen MR) is 81.8 cm³/mol. The minimum absolute atomic E-state index is 0.113. The number of Topliss-reactive ketones (excluding diaryl/α,β-unsaturated/α-hetero) is 2. The second kappa shape index (κ2) is 6.85. The zero-order valence-corrected chi connectivity index (χ0v) is 13.0. The van der Waals surface area contributed by atoms with E-state index in [0.29, 0.717) is 24.2 Å². The van der Waals surface area contributed by atoms with Crippen LogP contribution in [-0.4, -0.2) is 43.2 Å². The molecule has 4 heteroatoms. The Balaban J connectivity index is 2.19. The predicted octanol–water partition coefficient (Wildman–Crippen LogP) is 2.57. The van der Waals surface area contributed by atoms with Gasteiger partial charge in [-0.25, -0.2) is 0 Å². The molecule has 21 heavy (non-hydrogen) atoms. The maximum atomic E-state index is 12.7. The maximum absolute atomic E-state index is 12.7. The average Bonchev–Trinajstić information content (AvgIpc) is 2.44. The van der Waals surface area contributed by atoms with E-state index in [4.69, 9.17) is 4.74 Å². The van der Waals surface area contributed by atoms with Gasteiger partial charge >= 0.3 is 0 Å². The van der Waals surface area contributed by atoms with Crippen molar-refractivity contribution >= 4 is 11.6 Å². The first-order valence-corrected chi connectivity index (χ1v) is 7.43. The van der Waals surface area contributed by atoms with Gasteiger partial charge < -0.3 is 14.4 Å². The van der Waals surface area contributed by atoms with Crippen molar-refractivity contribution in [3.63, 3.8) is 0 Å². The van der Waals surface area contributed by atoms with Crippen LogP contribution in [0, 0.1) is 5.92 Å². The van der Waals surface area contributed by atoms with Crippen molar-refractivity contribution in [2.45, 2.75) is 32.3 Å². The van der Waals surface area contributed by atoms with Crippen LogP contribution in [0.25, 0.3) is 0 Å². The van der Waals surface area contributed by atoms with Gasteiger partial charge in [0.2, 0.25) is 0 Å². The third-order valence-corrected chi connectivity index (χ3v) is 3.88. The Kier molecular flexibility index (Phi) is 5.12. The molecule has 114 valence electrons. The highest BCUT2D eigenvalue weighted by molar-refractivity contribution is 6.01. The Morgan fingerprint density at radius 2 is 1.95 bits per heavy atom. The molecule has 0 spiro atoms. The molecule has 0 saturated heterocycles. The number of para-hydroxylation sites is 1. The van der Waals surface area contributed by atoms with E-state index in [1.807, 2.05) is 32.3 Å². The summed E-state index contributed by atoms with van der Waals surface area (Å²) in [6.45, 7) is 2.42. The standard InChI is InChI=1S/C17H23NO3/c1-12(19)8-9-14-16(10-11-18(2)3)21-15-7-5-4-6-13(15)17(14)20/h4-7,14,16H,8-11H2,1-3H3. The molecule has 0 aromatic heterocycles. The number of carbonyl (C=O) groups excluding carboxylic acids is 2. The third-order valence-electron chi connectivity index (χ3n) is 3.88. The zero-order valence-electron chi connectivity index (χ0n) is 13.0. The molecule has 0 N–H and O–H groups in total. The van der Waals surface area contributed by atoms with Gasteiger partial charge in [-0.05, 0) is 46.0 Å². The van der Waals surface area contributed by atoms with E-state index in [9.17, 15) is 9.59 Å². The van der Waals surface area contributed by atoms with Gasteiger partial charge in [-0.1, -0.05) is 12.1 Å². The summed E-state index contributed by atoms with van der Waals surface area (Å²) < 4.78 is 6.04. The van der Waals surface area contributed by atoms with Gasteiger partial charge in [-0.2, -0.15) is 0 Å². The molecule has 0 fully saturated rings. The number of fused-ring (bicyclic) bond motifs is 1. The third kappa shape index (κ3) is 3.91. The van der Waals surface area contributed by atoms with Crippen LogP contribution in [0.4, 0.5) is 0 Å². The molecule has 1 aliphatic heterocycles. The van der Waals surface area contributed by atoms with Crippen LogP contribution in [-0.2, 0) is 4.79 Å². The van der Waals surface area contributed by atoms with Gasteiger partial charge in [0.15, 0.2) is 5.78 Å². The van der Waals surface area contributed by atoms with E-state index in [1.54, 1.807) is 13.0 Å². The van der Waals surface area contributed by atoms with Crippen LogP contribution in [0.1, 0.15) is 36.5 Å². The summed E-state index contributed by atoms with van der Waals surface area (Å²) in [6, 6.07) is 7.38. The largest absolute Gasteiger partial charge is 0.489 e. The lowest BCUT2D eigenvalue weighted by Crippen LogP contribution is -2.39. The molecule has 4 nitrogen and oxygen atoms in total. The highest BCUT2D eigenvalue weighted by Gasteiger charge is 2.36. The number of rotatable bonds is 6. The molecule has 2 atom stereocenters. The number of benzene rings is 1. The van der Waals surface area contributed by atoms with Crippen molar-refractivity contribution in [3.8, 4) is 5.75 Å². The molecule has 2 unspecified atom stereocenters. The van der Waals surface area contributed by atoms with Crippen molar-refractivity contribution in [1.29, 1.82) is 0 Å². The molecular weight excluding hydrogens is 266 g/mol. The fourth-order valence-electron chi connectivity index (χ4n) is 2.71. The highest BCUT2D eigenvalue weighted by atomic mass is 16.5. The van der Waals surface area contributed by atoms with E-state index >= 15 is 0 Å². The Morgan fingerprint density at radius 3 is 2.62 bits per heavy atom. The second-order valence-electron chi connectivity index (χ2n) is 5.96. The normalized spacial score (nSPS) is 21.0. The van der Waals surface area contributed by atoms with E-state index in [0.717, 1.165) is 13.0 Å². The number of hydrogen-bond donors (Lipinski definition) is 0. The highest BCUT2D eigenvalue weighted by Crippen LogP contribution is 2.34. The van der Waals surface area contributed by atoms with Crippen molar-refractivity contribution in [2.75, 3.05) is 20.6 Å². The van der Waals surface area contributed by atoms with Crippen molar-refractivity contribution < 1.29 is 14.3 Å². The average molecular weight is 289 g/mol. The molecule has 0 saturated carbocycles. The molecule has 0 radical (unpaired) electrons. The van der Waals surface area contributed by atoms with Gasteiger partial charge in [-0.3, -0.25) is 4.79 Å². The van der Waals surface area contributed by atoms with Crippen LogP contribution >= 0.6 is 0 Å². The van der Waals surface area contributed by atoms with E-state index in [1.165, 1.54) is 0 Å². The van der Waals surface area contributed by atoms with E-state index in [2.05, 4.69) is 4.90 Å². The molecule has 1 aromatic rings. The SMILES string of the molecule is CC(=O)CCC1C(=O)c2ccccc2OC1CCN(C)C. The Bertz CT molecular complexity index is 525. The molecule has 0 aliphatic carbocycles. The lowest BCUT2D eigenvalue weighted by Gasteiger charge is -2.33. The summed E-state index contributed by atoms with van der Waals surface area (Å²) in [5, 5.41) is 0. The zero-order chi connectivity index (χ0) is 15.4. The summed E-state index contributed by atoms with van der Waals surface area (Å²) in [6.07, 6.45) is 1.64. The van der Waals surface area contributed by atoms with Crippen LogP contribution in [0.2, 0.25) is 0 Å². The number of carbonyl (C=O) groups is 2. The van der Waals surface area contributed by atoms with Gasteiger partial charge in [-0.15, -0.1) is 0 Å². The monoisotopic (exact) mass is 289 g/mol. The quantitative estimate of drug-likeness (QED) is 0.807. The first-order chi connectivity index (χ1) is 9.99. The van der Waals surface area contributed by atoms with Crippen LogP contribution in [0.3, 0.4) is 0 Å². The summed E-state index contributed by atoms with van der Waals surface area (Å²) in [7, 11) is 4.01. The molecule has 0 bridgehead atoms. The fourth-order valence-corrected chi connectivity index (χ4v) is 2.71. The Morgan fingerprint density at radius 1 is 1.24 bits per heavy atom. The van der Waals surface area contributed by atoms with E-state index < -0.39 is 0 Å². The number of ether oxygens (including phenoxy) is 1. The Labute approximate surface area is 126 Å². The lowest BCUT2D eigenvalue weighted by molar-refractivity contribution is -0.117. The summed E-state index contributed by atoms with van der Waals surface area (Å²) in [5.41, 5.74) is 0.646. The van der Waals surface area contributed by atoms with Gasteiger partial charge in [0, 0.05) is 13.0 Å². The van der Waals surface area contributed by atoms with Crippen LogP contribution < -0.4 is 4.74 Å². The molecule has 1 aliphatic rings. The molecule has 1 heterocycles. The topological polar surface area (TPSA) is 46.6 Å². The van der Waals surface area contributed by atoms with Crippen LogP contribution in [0.5, 0.6) is 5.75 Å². The van der Waals surface area contributed by atoms with Crippen LogP contribution in [0.15, 0.2) is 24.3 Å². The van der Waals surface area contributed by atoms with Gasteiger partial charge in [0.05, 0.1) is 11.5 Å². The van der Waals surface area contributed by atoms with Gasteiger partial charge in [0.25, 0.3) is 0 Å². The van der Waals surface area contributed by atoms with Crippen molar-refractivity contribution in [3.05, 3.63) is 29.8 Å². The first kappa shape index (κ1) is 15.7. The molecule has 0 amide bonds. The first-order valence-electron chi connectivity index (χ1n) is 7.43. The smallest absolute Gasteiger partial charge is 0.173 e. The fraction of sp³-hybridized carbons (Fsp3) is 0.529. The molecule has 1 aromatic carbocycles. The molecular formula is C17H23NO3. The number of hydrogen-bond acceptors (Lipinski definition) is 4.